The van der Waals surface area contributed by atoms with Crippen LogP contribution < -0.4 is 15.8 Å². The van der Waals surface area contributed by atoms with Crippen molar-refractivity contribution in [3.63, 3.8) is 0 Å². The fraction of sp³-hybridized carbons (Fsp3) is 0.417. The summed E-state index contributed by atoms with van der Waals surface area (Å²) in [5.41, 5.74) is 6.13. The number of aliphatic carboxylic acids is 1. The van der Waals surface area contributed by atoms with Gasteiger partial charge < -0.3 is 20.9 Å². The molecule has 1 aromatic carbocycles. The molecule has 100 valence electrons. The van der Waals surface area contributed by atoms with Crippen molar-refractivity contribution in [2.75, 3.05) is 20.2 Å². The average molecular weight is 256 g/mol. The predicted molar refractivity (Wildman–Crippen MR) is 65.1 cm³/mol. The first kappa shape index (κ1) is 14.4. The van der Waals surface area contributed by atoms with Crippen molar-refractivity contribution in [1.29, 1.82) is 0 Å². The van der Waals surface area contributed by atoms with Gasteiger partial charge >= 0.3 is 5.97 Å². The summed E-state index contributed by atoms with van der Waals surface area (Å²) < 4.78 is 18.2. The maximum absolute atomic E-state index is 13.4. The molecular weight excluding hydrogens is 239 g/mol. The maximum atomic E-state index is 13.4. The minimum Gasteiger partial charge on any atom is -0.494 e. The van der Waals surface area contributed by atoms with E-state index in [0.29, 0.717) is 13.0 Å². The van der Waals surface area contributed by atoms with Crippen LogP contribution in [0.4, 0.5) is 4.39 Å². The van der Waals surface area contributed by atoms with E-state index in [4.69, 9.17) is 15.6 Å². The summed E-state index contributed by atoms with van der Waals surface area (Å²) in [5.74, 6) is -1.24. The molecule has 6 heteroatoms. The molecule has 0 amide bonds. The van der Waals surface area contributed by atoms with E-state index in [9.17, 15) is 9.18 Å². The zero-order chi connectivity index (χ0) is 13.5. The van der Waals surface area contributed by atoms with E-state index in [2.05, 4.69) is 5.32 Å². The summed E-state index contributed by atoms with van der Waals surface area (Å²) >= 11 is 0. The Morgan fingerprint density at radius 1 is 1.61 bits per heavy atom. The zero-order valence-electron chi connectivity index (χ0n) is 10.1. The third kappa shape index (κ3) is 4.31. The molecule has 5 nitrogen and oxygen atoms in total. The molecule has 1 atom stereocenters. The second kappa shape index (κ2) is 6.93. The Morgan fingerprint density at radius 3 is 2.89 bits per heavy atom. The molecule has 0 fully saturated rings. The summed E-state index contributed by atoms with van der Waals surface area (Å²) in [4.78, 5) is 10.5. The molecule has 1 unspecified atom stereocenters. The van der Waals surface area contributed by atoms with Crippen LogP contribution in [0.3, 0.4) is 0 Å². The van der Waals surface area contributed by atoms with Gasteiger partial charge in [0.25, 0.3) is 0 Å². The van der Waals surface area contributed by atoms with E-state index in [-0.39, 0.29) is 12.3 Å². The SMILES string of the molecule is COc1ccc(CCNCC(N)C(=O)O)cc1F. The number of benzene rings is 1. The normalized spacial score (nSPS) is 12.2. The second-order valence-corrected chi connectivity index (χ2v) is 3.87. The molecule has 4 N–H and O–H groups in total. The van der Waals surface area contributed by atoms with Crippen LogP contribution in [0, 0.1) is 5.82 Å². The molecule has 0 saturated heterocycles. The molecule has 0 aliphatic carbocycles. The van der Waals surface area contributed by atoms with Crippen molar-refractivity contribution in [2.24, 2.45) is 5.73 Å². The lowest BCUT2D eigenvalue weighted by Gasteiger charge is -2.09. The van der Waals surface area contributed by atoms with E-state index in [0.717, 1.165) is 5.56 Å². The fourth-order valence-corrected chi connectivity index (χ4v) is 1.44. The number of carboxylic acids is 1. The van der Waals surface area contributed by atoms with Gasteiger partial charge in [0.1, 0.15) is 6.04 Å². The van der Waals surface area contributed by atoms with Crippen LogP contribution in [-0.4, -0.2) is 37.3 Å². The molecular formula is C12H17FN2O3. The van der Waals surface area contributed by atoms with Gasteiger partial charge in [-0.2, -0.15) is 0 Å². The van der Waals surface area contributed by atoms with Crippen LogP contribution in [0.2, 0.25) is 0 Å². The molecule has 0 bridgehead atoms. The van der Waals surface area contributed by atoms with Gasteiger partial charge in [0, 0.05) is 6.54 Å². The number of nitrogens with two attached hydrogens (primary N) is 1. The molecule has 0 aliphatic rings. The standard InChI is InChI=1S/C12H17FN2O3/c1-18-11-3-2-8(6-9(11)13)4-5-15-7-10(14)12(16)17/h2-3,6,10,15H,4-5,7,14H2,1H3,(H,16,17). The van der Waals surface area contributed by atoms with Crippen LogP contribution in [-0.2, 0) is 11.2 Å². The first-order valence-corrected chi connectivity index (χ1v) is 5.56. The van der Waals surface area contributed by atoms with Crippen LogP contribution in [0.1, 0.15) is 5.56 Å². The Balaban J connectivity index is 2.36. The Bertz CT molecular complexity index is 412. The quantitative estimate of drug-likeness (QED) is 0.614. The zero-order valence-corrected chi connectivity index (χ0v) is 10.1. The number of methoxy groups -OCH3 is 1. The topological polar surface area (TPSA) is 84.6 Å². The van der Waals surface area contributed by atoms with Crippen LogP contribution >= 0.6 is 0 Å². The largest absolute Gasteiger partial charge is 0.494 e. The first-order valence-electron chi connectivity index (χ1n) is 5.56. The molecule has 0 aliphatic heterocycles. The van der Waals surface area contributed by atoms with E-state index in [1.165, 1.54) is 13.2 Å². The van der Waals surface area contributed by atoms with Crippen molar-refractivity contribution < 1.29 is 19.0 Å². The molecule has 18 heavy (non-hydrogen) atoms. The van der Waals surface area contributed by atoms with Gasteiger partial charge in [-0.3, -0.25) is 4.79 Å². The Labute approximate surface area is 105 Å². The number of rotatable bonds is 7. The summed E-state index contributed by atoms with van der Waals surface area (Å²) in [6.45, 7) is 0.723. The van der Waals surface area contributed by atoms with Gasteiger partial charge in [-0.15, -0.1) is 0 Å². The Kier molecular flexibility index (Phi) is 5.54. The van der Waals surface area contributed by atoms with E-state index in [1.807, 2.05) is 0 Å². The van der Waals surface area contributed by atoms with Gasteiger partial charge in [-0.1, -0.05) is 6.07 Å². The van der Waals surface area contributed by atoms with E-state index in [1.54, 1.807) is 12.1 Å². The van der Waals surface area contributed by atoms with Crippen molar-refractivity contribution >= 4 is 5.97 Å². The summed E-state index contributed by atoms with van der Waals surface area (Å²) in [6, 6.07) is 3.81. The van der Waals surface area contributed by atoms with Gasteiger partial charge in [0.05, 0.1) is 7.11 Å². The number of halogens is 1. The lowest BCUT2D eigenvalue weighted by atomic mass is 10.1. The molecule has 0 aromatic heterocycles. The predicted octanol–water partition coefficient (Wildman–Crippen LogP) is 0.378. The highest BCUT2D eigenvalue weighted by Gasteiger charge is 2.10. The van der Waals surface area contributed by atoms with Crippen LogP contribution in [0.15, 0.2) is 18.2 Å². The van der Waals surface area contributed by atoms with Gasteiger partial charge in [-0.25, -0.2) is 4.39 Å². The van der Waals surface area contributed by atoms with Gasteiger partial charge in [0.15, 0.2) is 11.6 Å². The lowest BCUT2D eigenvalue weighted by molar-refractivity contribution is -0.138. The third-order valence-electron chi connectivity index (χ3n) is 2.49. The maximum Gasteiger partial charge on any atom is 0.321 e. The van der Waals surface area contributed by atoms with Gasteiger partial charge in [0.2, 0.25) is 0 Å². The molecule has 1 aromatic rings. The summed E-state index contributed by atoms with van der Waals surface area (Å²) in [6.07, 6.45) is 0.591. The molecule has 0 spiro atoms. The number of nitrogens with one attached hydrogen (secondary N) is 1. The number of hydrogen-bond acceptors (Lipinski definition) is 4. The highest BCUT2D eigenvalue weighted by molar-refractivity contribution is 5.73. The van der Waals surface area contributed by atoms with Crippen molar-refractivity contribution in [3.8, 4) is 5.75 Å². The van der Waals surface area contributed by atoms with E-state index < -0.39 is 17.8 Å². The summed E-state index contributed by atoms with van der Waals surface area (Å²) in [5, 5.41) is 11.5. The molecule has 0 radical (unpaired) electrons. The highest BCUT2D eigenvalue weighted by Crippen LogP contribution is 2.17. The highest BCUT2D eigenvalue weighted by atomic mass is 19.1. The molecule has 1 rings (SSSR count). The number of carbonyl (C=O) groups is 1. The number of carboxylic acid groups (broad SMARTS) is 1. The minimum absolute atomic E-state index is 0.188. The van der Waals surface area contributed by atoms with Crippen LogP contribution in [0.5, 0.6) is 5.75 Å². The third-order valence-corrected chi connectivity index (χ3v) is 2.49. The van der Waals surface area contributed by atoms with Gasteiger partial charge in [-0.05, 0) is 30.7 Å². The van der Waals surface area contributed by atoms with Crippen LogP contribution in [0.25, 0.3) is 0 Å². The fourth-order valence-electron chi connectivity index (χ4n) is 1.44. The second-order valence-electron chi connectivity index (χ2n) is 3.87. The van der Waals surface area contributed by atoms with Crippen molar-refractivity contribution in [3.05, 3.63) is 29.6 Å². The first-order chi connectivity index (χ1) is 8.54. The summed E-state index contributed by atoms with van der Waals surface area (Å²) in [7, 11) is 1.41. The minimum atomic E-state index is -1.04. The number of ether oxygens (including phenoxy) is 1. The Morgan fingerprint density at radius 2 is 2.33 bits per heavy atom. The lowest BCUT2D eigenvalue weighted by Crippen LogP contribution is -2.40. The van der Waals surface area contributed by atoms with Crippen molar-refractivity contribution in [2.45, 2.75) is 12.5 Å². The smallest absolute Gasteiger partial charge is 0.321 e. The van der Waals surface area contributed by atoms with E-state index >= 15 is 0 Å². The average Bonchev–Trinajstić information content (AvgIpc) is 2.34. The Hall–Kier alpha value is -1.66. The van der Waals surface area contributed by atoms with Crippen molar-refractivity contribution in [1.82, 2.24) is 5.32 Å². The monoisotopic (exact) mass is 256 g/mol. The molecule has 0 saturated carbocycles. The molecule has 0 heterocycles. The number of hydrogen-bond donors (Lipinski definition) is 3.